The zero-order valence-corrected chi connectivity index (χ0v) is 13.7. The van der Waals surface area contributed by atoms with Gasteiger partial charge in [0.05, 0.1) is 4.47 Å². The summed E-state index contributed by atoms with van der Waals surface area (Å²) in [5.41, 5.74) is 7.35. The van der Waals surface area contributed by atoms with Gasteiger partial charge in [-0.2, -0.15) is 0 Å². The topological polar surface area (TPSA) is 32.5 Å². The van der Waals surface area contributed by atoms with E-state index in [1.165, 1.54) is 12.5 Å². The van der Waals surface area contributed by atoms with Crippen molar-refractivity contribution in [1.29, 1.82) is 0 Å². The fourth-order valence-electron chi connectivity index (χ4n) is 2.86. The molecule has 0 bridgehead atoms. The molecule has 5 heteroatoms. The molecule has 1 aromatic rings. The van der Waals surface area contributed by atoms with Crippen LogP contribution in [0.5, 0.6) is 0 Å². The fourth-order valence-corrected chi connectivity index (χ4v) is 3.29. The second kappa shape index (κ2) is 6.98. The number of benzene rings is 1. The van der Waals surface area contributed by atoms with E-state index in [2.05, 4.69) is 39.8 Å². The molecule has 112 valence electrons. The summed E-state index contributed by atoms with van der Waals surface area (Å²) in [5.74, 6) is -0.221. The predicted molar refractivity (Wildman–Crippen MR) is 84.3 cm³/mol. The Morgan fingerprint density at radius 1 is 1.40 bits per heavy atom. The minimum atomic E-state index is -0.221. The Kier molecular flexibility index (Phi) is 5.55. The van der Waals surface area contributed by atoms with Crippen molar-refractivity contribution in [3.63, 3.8) is 0 Å². The number of likely N-dealkylation sites (N-methyl/N-ethyl adjacent to an activating group) is 2. The van der Waals surface area contributed by atoms with Crippen LogP contribution in [0.15, 0.2) is 22.7 Å². The lowest BCUT2D eigenvalue weighted by molar-refractivity contribution is 0.195. The molecule has 0 saturated carbocycles. The van der Waals surface area contributed by atoms with Crippen molar-refractivity contribution in [2.75, 3.05) is 33.7 Å². The lowest BCUT2D eigenvalue weighted by atomic mass is 9.99. The van der Waals surface area contributed by atoms with Crippen LogP contribution >= 0.6 is 15.9 Å². The molecule has 2 rings (SSSR count). The molecule has 1 heterocycles. The third-order valence-electron chi connectivity index (χ3n) is 4.10. The van der Waals surface area contributed by atoms with Crippen molar-refractivity contribution >= 4 is 15.9 Å². The molecular formula is C15H23BrFN3. The molecule has 0 spiro atoms. The van der Waals surface area contributed by atoms with Crippen LogP contribution in [0.25, 0.3) is 0 Å². The Balaban J connectivity index is 2.09. The molecule has 1 aromatic carbocycles. The quantitative estimate of drug-likeness (QED) is 0.912. The zero-order valence-electron chi connectivity index (χ0n) is 12.1. The highest BCUT2D eigenvalue weighted by Gasteiger charge is 2.26. The predicted octanol–water partition coefficient (Wildman–Crippen LogP) is 2.09. The molecule has 1 aliphatic rings. The van der Waals surface area contributed by atoms with Gasteiger partial charge < -0.3 is 15.5 Å². The number of nitrogens with two attached hydrogens (primary N) is 1. The van der Waals surface area contributed by atoms with Gasteiger partial charge >= 0.3 is 0 Å². The van der Waals surface area contributed by atoms with Crippen molar-refractivity contribution in [2.45, 2.75) is 24.9 Å². The first-order valence-electron chi connectivity index (χ1n) is 7.06. The van der Waals surface area contributed by atoms with Gasteiger partial charge in [0.1, 0.15) is 5.82 Å². The van der Waals surface area contributed by atoms with Crippen molar-refractivity contribution in [3.8, 4) is 0 Å². The van der Waals surface area contributed by atoms with Crippen LogP contribution in [0.1, 0.15) is 12.0 Å². The molecule has 2 unspecified atom stereocenters. The van der Waals surface area contributed by atoms with Crippen LogP contribution < -0.4 is 5.73 Å². The fraction of sp³-hybridized carbons (Fsp3) is 0.600. The lowest BCUT2D eigenvalue weighted by Gasteiger charge is -2.32. The standard InChI is InChI=1S/C15H23BrFN3/c1-19-7-4-8-20(2)14(10-19)13(18)9-11-5-3-6-12(17)15(11)16/h3,5-6,13-14H,4,7-10,18H2,1-2H3. The van der Waals surface area contributed by atoms with E-state index in [1.54, 1.807) is 6.07 Å². The third-order valence-corrected chi connectivity index (χ3v) is 4.99. The summed E-state index contributed by atoms with van der Waals surface area (Å²) < 4.78 is 14.1. The van der Waals surface area contributed by atoms with Crippen molar-refractivity contribution in [3.05, 3.63) is 34.1 Å². The SMILES string of the molecule is CN1CCCN(C)C(C(N)Cc2cccc(F)c2Br)C1. The lowest BCUT2D eigenvalue weighted by Crippen LogP contribution is -2.51. The summed E-state index contributed by atoms with van der Waals surface area (Å²) in [6.07, 6.45) is 1.85. The van der Waals surface area contributed by atoms with E-state index in [0.29, 0.717) is 16.9 Å². The number of hydrogen-bond acceptors (Lipinski definition) is 3. The maximum Gasteiger partial charge on any atom is 0.137 e. The average Bonchev–Trinajstić information content (AvgIpc) is 2.57. The Morgan fingerprint density at radius 3 is 2.90 bits per heavy atom. The molecule has 1 saturated heterocycles. The summed E-state index contributed by atoms with van der Waals surface area (Å²) in [6.45, 7) is 3.13. The summed E-state index contributed by atoms with van der Waals surface area (Å²) in [4.78, 5) is 4.66. The van der Waals surface area contributed by atoms with Gasteiger partial charge in [0.25, 0.3) is 0 Å². The molecule has 1 fully saturated rings. The maximum absolute atomic E-state index is 13.6. The molecule has 0 radical (unpaired) electrons. The molecule has 0 aromatic heterocycles. The second-order valence-corrected chi connectivity index (χ2v) is 6.54. The van der Waals surface area contributed by atoms with Crippen LogP contribution in [0.3, 0.4) is 0 Å². The number of hydrogen-bond donors (Lipinski definition) is 1. The summed E-state index contributed by atoms with van der Waals surface area (Å²) in [6, 6.07) is 5.44. The minimum absolute atomic E-state index is 0.00125. The van der Waals surface area contributed by atoms with E-state index in [4.69, 9.17) is 5.73 Å². The Hall–Kier alpha value is -0.490. The molecule has 3 nitrogen and oxygen atoms in total. The normalized spacial score (nSPS) is 23.6. The van der Waals surface area contributed by atoms with Crippen LogP contribution in [-0.2, 0) is 6.42 Å². The van der Waals surface area contributed by atoms with Crippen LogP contribution in [0.2, 0.25) is 0 Å². The van der Waals surface area contributed by atoms with E-state index in [9.17, 15) is 4.39 Å². The van der Waals surface area contributed by atoms with Crippen molar-refractivity contribution in [1.82, 2.24) is 9.80 Å². The van der Waals surface area contributed by atoms with Crippen molar-refractivity contribution < 1.29 is 4.39 Å². The Bertz CT molecular complexity index is 455. The van der Waals surface area contributed by atoms with Gasteiger partial charge in [-0.1, -0.05) is 12.1 Å². The van der Waals surface area contributed by atoms with Crippen LogP contribution in [-0.4, -0.2) is 55.6 Å². The van der Waals surface area contributed by atoms with Gasteiger partial charge in [-0.25, -0.2) is 4.39 Å². The maximum atomic E-state index is 13.6. The molecule has 2 N–H and O–H groups in total. The first-order chi connectivity index (χ1) is 9.49. The highest BCUT2D eigenvalue weighted by Crippen LogP contribution is 2.23. The van der Waals surface area contributed by atoms with E-state index in [1.807, 2.05) is 6.07 Å². The minimum Gasteiger partial charge on any atom is -0.326 e. The van der Waals surface area contributed by atoms with Crippen molar-refractivity contribution in [2.24, 2.45) is 5.73 Å². The summed E-state index contributed by atoms with van der Waals surface area (Å²) >= 11 is 3.32. The molecule has 1 aliphatic heterocycles. The summed E-state index contributed by atoms with van der Waals surface area (Å²) in [5, 5.41) is 0. The number of rotatable bonds is 3. The van der Waals surface area contributed by atoms with Gasteiger partial charge in [-0.3, -0.25) is 0 Å². The second-order valence-electron chi connectivity index (χ2n) is 5.74. The van der Waals surface area contributed by atoms with Gasteiger partial charge in [0.15, 0.2) is 0 Å². The van der Waals surface area contributed by atoms with E-state index < -0.39 is 0 Å². The van der Waals surface area contributed by atoms with E-state index >= 15 is 0 Å². The first kappa shape index (κ1) is 15.9. The third kappa shape index (κ3) is 3.79. The number of halogens is 2. The van der Waals surface area contributed by atoms with Crippen LogP contribution in [0.4, 0.5) is 4.39 Å². The summed E-state index contributed by atoms with van der Waals surface area (Å²) in [7, 11) is 4.27. The van der Waals surface area contributed by atoms with Gasteiger partial charge in [-0.15, -0.1) is 0 Å². The largest absolute Gasteiger partial charge is 0.326 e. The molecule has 0 aliphatic carbocycles. The monoisotopic (exact) mass is 343 g/mol. The van der Waals surface area contributed by atoms with E-state index in [-0.39, 0.29) is 11.9 Å². The molecule has 0 amide bonds. The van der Waals surface area contributed by atoms with E-state index in [0.717, 1.165) is 25.2 Å². The first-order valence-corrected chi connectivity index (χ1v) is 7.85. The smallest absolute Gasteiger partial charge is 0.137 e. The molecule has 20 heavy (non-hydrogen) atoms. The average molecular weight is 344 g/mol. The highest BCUT2D eigenvalue weighted by atomic mass is 79.9. The number of nitrogens with zero attached hydrogens (tertiary/aromatic N) is 2. The molecule has 2 atom stereocenters. The van der Waals surface area contributed by atoms with Gasteiger partial charge in [-0.05, 0) is 67.6 Å². The highest BCUT2D eigenvalue weighted by molar-refractivity contribution is 9.10. The molecular weight excluding hydrogens is 321 g/mol. The van der Waals surface area contributed by atoms with Gasteiger partial charge in [0, 0.05) is 18.6 Å². The Labute approximate surface area is 129 Å². The van der Waals surface area contributed by atoms with Crippen LogP contribution in [0, 0.1) is 5.82 Å². The Morgan fingerprint density at radius 2 is 2.15 bits per heavy atom. The zero-order chi connectivity index (χ0) is 14.7. The van der Waals surface area contributed by atoms with Gasteiger partial charge in [0.2, 0.25) is 0 Å².